The van der Waals surface area contributed by atoms with Crippen LogP contribution in [0.3, 0.4) is 0 Å². The predicted molar refractivity (Wildman–Crippen MR) is 130 cm³/mol. The van der Waals surface area contributed by atoms with Crippen LogP contribution in [0.15, 0.2) is 78.6 Å². The zero-order chi connectivity index (χ0) is 24.1. The van der Waals surface area contributed by atoms with E-state index in [2.05, 4.69) is 11.9 Å². The summed E-state index contributed by atoms with van der Waals surface area (Å²) >= 11 is 5.99. The molecule has 1 aliphatic heterocycles. The summed E-state index contributed by atoms with van der Waals surface area (Å²) in [5, 5.41) is 11.7. The Bertz CT molecular complexity index is 1210. The number of amides is 1. The Hall–Kier alpha value is -3.64. The fourth-order valence-electron chi connectivity index (χ4n) is 3.95. The van der Waals surface area contributed by atoms with E-state index >= 15 is 0 Å². The lowest BCUT2D eigenvalue weighted by Crippen LogP contribution is -2.29. The number of aromatic nitrogens is 1. The van der Waals surface area contributed by atoms with Crippen LogP contribution in [0.2, 0.25) is 5.02 Å². The minimum absolute atomic E-state index is 0.0343. The summed E-state index contributed by atoms with van der Waals surface area (Å²) in [6, 6.07) is 16.6. The van der Waals surface area contributed by atoms with Gasteiger partial charge >= 0.3 is 0 Å². The molecule has 1 fully saturated rings. The van der Waals surface area contributed by atoms with Gasteiger partial charge in [-0.2, -0.15) is 0 Å². The monoisotopic (exact) mass is 476 g/mol. The maximum atomic E-state index is 13.2. The second-order valence-electron chi connectivity index (χ2n) is 8.06. The molecule has 1 atom stereocenters. The number of pyridine rings is 1. The smallest absolute Gasteiger partial charge is 0.295 e. The van der Waals surface area contributed by atoms with Crippen LogP contribution in [0.5, 0.6) is 5.75 Å². The van der Waals surface area contributed by atoms with E-state index in [0.29, 0.717) is 28.5 Å². The summed E-state index contributed by atoms with van der Waals surface area (Å²) in [5.74, 6) is -1.00. The van der Waals surface area contributed by atoms with E-state index in [0.717, 1.165) is 18.4 Å². The van der Waals surface area contributed by atoms with Crippen molar-refractivity contribution >= 4 is 29.1 Å². The zero-order valence-corrected chi connectivity index (χ0v) is 19.5. The molecule has 1 amide bonds. The van der Waals surface area contributed by atoms with Gasteiger partial charge < -0.3 is 14.7 Å². The van der Waals surface area contributed by atoms with Crippen molar-refractivity contribution in [2.75, 3.05) is 6.61 Å². The fraction of sp³-hybridized carbons (Fsp3) is 0.222. The summed E-state index contributed by atoms with van der Waals surface area (Å²) < 4.78 is 5.86. The number of unbranched alkanes of at least 4 members (excludes halogenated alkanes) is 1. The Labute approximate surface area is 203 Å². The molecule has 2 heterocycles. The van der Waals surface area contributed by atoms with Gasteiger partial charge in [-0.05, 0) is 66.1 Å². The number of carbonyl (C=O) groups excluding carboxylic acids is 2. The number of nitrogens with zero attached hydrogens (tertiary/aromatic N) is 2. The first-order valence-corrected chi connectivity index (χ1v) is 11.5. The first-order chi connectivity index (χ1) is 16.5. The number of hydrogen-bond acceptors (Lipinski definition) is 5. The van der Waals surface area contributed by atoms with Gasteiger partial charge in [0.25, 0.3) is 11.7 Å². The Morgan fingerprint density at radius 3 is 2.53 bits per heavy atom. The third-order valence-corrected chi connectivity index (χ3v) is 5.95. The van der Waals surface area contributed by atoms with Crippen molar-refractivity contribution in [3.63, 3.8) is 0 Å². The standard InChI is InChI=1S/C27H25ClN2O4/c1-2-3-15-34-22-6-4-5-20(16-22)24-23(25(31)19-7-9-21(28)10-8-19)26(32)27(33)30(24)17-18-11-13-29-14-12-18/h4-14,16,24,31H,2-3,15,17H2,1H3. The van der Waals surface area contributed by atoms with Gasteiger partial charge in [0.1, 0.15) is 11.5 Å². The van der Waals surface area contributed by atoms with Crippen molar-refractivity contribution in [3.05, 3.63) is 100 Å². The van der Waals surface area contributed by atoms with Crippen LogP contribution in [-0.4, -0.2) is 33.3 Å². The minimum Gasteiger partial charge on any atom is -0.507 e. The van der Waals surface area contributed by atoms with E-state index < -0.39 is 17.7 Å². The molecule has 3 aromatic rings. The predicted octanol–water partition coefficient (Wildman–Crippen LogP) is 5.54. The van der Waals surface area contributed by atoms with E-state index in [1.54, 1.807) is 48.8 Å². The number of halogens is 1. The van der Waals surface area contributed by atoms with Gasteiger partial charge in [0, 0.05) is 29.5 Å². The highest BCUT2D eigenvalue weighted by Gasteiger charge is 2.46. The molecule has 0 radical (unpaired) electrons. The summed E-state index contributed by atoms with van der Waals surface area (Å²) in [6.07, 6.45) is 5.20. The van der Waals surface area contributed by atoms with E-state index in [9.17, 15) is 14.7 Å². The molecular formula is C27H25ClN2O4. The largest absolute Gasteiger partial charge is 0.507 e. The lowest BCUT2D eigenvalue weighted by Gasteiger charge is -2.25. The van der Waals surface area contributed by atoms with Gasteiger partial charge in [-0.1, -0.05) is 37.1 Å². The van der Waals surface area contributed by atoms with Crippen molar-refractivity contribution in [2.24, 2.45) is 0 Å². The molecule has 1 aromatic heterocycles. The SMILES string of the molecule is CCCCOc1cccc(C2C(=C(O)c3ccc(Cl)cc3)C(=O)C(=O)N2Cc2ccncc2)c1. The molecule has 1 aliphatic rings. The number of rotatable bonds is 8. The molecule has 7 heteroatoms. The van der Waals surface area contributed by atoms with Gasteiger partial charge in [0.05, 0.1) is 18.2 Å². The molecular weight excluding hydrogens is 452 g/mol. The fourth-order valence-corrected chi connectivity index (χ4v) is 4.07. The Kier molecular flexibility index (Phi) is 7.28. The van der Waals surface area contributed by atoms with E-state index in [1.807, 2.05) is 24.3 Å². The topological polar surface area (TPSA) is 79.7 Å². The molecule has 0 bridgehead atoms. The van der Waals surface area contributed by atoms with Crippen LogP contribution < -0.4 is 4.74 Å². The highest BCUT2D eigenvalue weighted by molar-refractivity contribution is 6.46. The number of aliphatic hydroxyl groups is 1. The summed E-state index contributed by atoms with van der Waals surface area (Å²) in [7, 11) is 0. The Morgan fingerprint density at radius 1 is 1.09 bits per heavy atom. The molecule has 6 nitrogen and oxygen atoms in total. The maximum Gasteiger partial charge on any atom is 0.295 e. The number of aliphatic hydroxyl groups excluding tert-OH is 1. The highest BCUT2D eigenvalue weighted by atomic mass is 35.5. The molecule has 0 aliphatic carbocycles. The quantitative estimate of drug-likeness (QED) is 0.200. The molecule has 1 unspecified atom stereocenters. The number of ether oxygens (including phenoxy) is 1. The molecule has 2 aromatic carbocycles. The van der Waals surface area contributed by atoms with Crippen molar-refractivity contribution in [3.8, 4) is 5.75 Å². The van der Waals surface area contributed by atoms with E-state index in [-0.39, 0.29) is 17.9 Å². The minimum atomic E-state index is -0.779. The Morgan fingerprint density at radius 2 is 1.82 bits per heavy atom. The third-order valence-electron chi connectivity index (χ3n) is 5.70. The number of likely N-dealkylation sites (tertiary alicyclic amines) is 1. The maximum absolute atomic E-state index is 13.2. The third kappa shape index (κ3) is 4.97. The van der Waals surface area contributed by atoms with Crippen LogP contribution >= 0.6 is 11.6 Å². The number of ketones is 1. The molecule has 4 rings (SSSR count). The van der Waals surface area contributed by atoms with Crippen LogP contribution in [0.4, 0.5) is 0 Å². The lowest BCUT2D eigenvalue weighted by atomic mass is 9.95. The summed E-state index contributed by atoms with van der Waals surface area (Å²) in [5.41, 5.74) is 1.94. The second kappa shape index (κ2) is 10.5. The second-order valence-corrected chi connectivity index (χ2v) is 8.50. The van der Waals surface area contributed by atoms with Crippen molar-refractivity contribution in [2.45, 2.75) is 32.4 Å². The van der Waals surface area contributed by atoms with Gasteiger partial charge in [-0.15, -0.1) is 0 Å². The first-order valence-electron chi connectivity index (χ1n) is 11.2. The van der Waals surface area contributed by atoms with Crippen molar-refractivity contribution < 1.29 is 19.4 Å². The average molecular weight is 477 g/mol. The number of benzene rings is 2. The van der Waals surface area contributed by atoms with Gasteiger partial charge in [0.15, 0.2) is 0 Å². The lowest BCUT2D eigenvalue weighted by molar-refractivity contribution is -0.140. The van der Waals surface area contributed by atoms with Crippen molar-refractivity contribution in [1.29, 1.82) is 0 Å². The number of hydrogen-bond donors (Lipinski definition) is 1. The average Bonchev–Trinajstić information content (AvgIpc) is 3.10. The van der Waals surface area contributed by atoms with Crippen LogP contribution in [-0.2, 0) is 16.1 Å². The molecule has 174 valence electrons. The first kappa shape index (κ1) is 23.5. The van der Waals surface area contributed by atoms with Crippen LogP contribution in [0.1, 0.15) is 42.5 Å². The van der Waals surface area contributed by atoms with E-state index in [4.69, 9.17) is 16.3 Å². The summed E-state index contributed by atoms with van der Waals surface area (Å²) in [6.45, 7) is 2.85. The molecule has 1 saturated heterocycles. The van der Waals surface area contributed by atoms with Crippen molar-refractivity contribution in [1.82, 2.24) is 9.88 Å². The van der Waals surface area contributed by atoms with Gasteiger partial charge in [0.2, 0.25) is 0 Å². The van der Waals surface area contributed by atoms with Crippen LogP contribution in [0, 0.1) is 0 Å². The number of carbonyl (C=O) groups is 2. The van der Waals surface area contributed by atoms with Gasteiger partial charge in [-0.3, -0.25) is 14.6 Å². The van der Waals surface area contributed by atoms with E-state index in [1.165, 1.54) is 4.90 Å². The number of Topliss-reactive ketones (excluding diaryl/α,β-unsaturated/α-hetero) is 1. The Balaban J connectivity index is 1.80. The van der Waals surface area contributed by atoms with Gasteiger partial charge in [-0.25, -0.2) is 0 Å². The molecule has 1 N–H and O–H groups in total. The normalized spacial score (nSPS) is 17.2. The van der Waals surface area contributed by atoms with Crippen LogP contribution in [0.25, 0.3) is 5.76 Å². The highest BCUT2D eigenvalue weighted by Crippen LogP contribution is 2.41. The molecule has 0 spiro atoms. The summed E-state index contributed by atoms with van der Waals surface area (Å²) in [4.78, 5) is 31.8. The molecule has 34 heavy (non-hydrogen) atoms. The molecule has 0 saturated carbocycles. The zero-order valence-electron chi connectivity index (χ0n) is 18.8.